The van der Waals surface area contributed by atoms with E-state index < -0.39 is 17.6 Å². The number of amides is 1. The van der Waals surface area contributed by atoms with Gasteiger partial charge in [0.25, 0.3) is 5.91 Å². The highest BCUT2D eigenvalue weighted by Crippen LogP contribution is 2.35. The van der Waals surface area contributed by atoms with Crippen LogP contribution in [0.2, 0.25) is 0 Å². The molecule has 1 amide bonds. The van der Waals surface area contributed by atoms with E-state index in [2.05, 4.69) is 44.2 Å². The number of aromatic nitrogens is 2. The third-order valence-corrected chi connectivity index (χ3v) is 6.17. The second-order valence-electron chi connectivity index (χ2n) is 7.91. The zero-order valence-electron chi connectivity index (χ0n) is 18.9. The molecule has 0 aromatic carbocycles. The lowest BCUT2D eigenvalue weighted by molar-refractivity contribution is 0.0946. The minimum absolute atomic E-state index is 0.197. The van der Waals surface area contributed by atoms with Gasteiger partial charge >= 0.3 is 0 Å². The van der Waals surface area contributed by atoms with Crippen LogP contribution in [0.25, 0.3) is 16.7 Å². The number of carbonyl (C=O) groups is 1. The number of carbonyl (C=O) groups excluding carboxylic acids is 1. The molecule has 0 spiro atoms. The maximum Gasteiger partial charge on any atom is 0.255 e. The Morgan fingerprint density at radius 1 is 1.38 bits per heavy atom. The molecule has 1 aliphatic heterocycles. The average Bonchev–Trinajstić information content (AvgIpc) is 3.58. The van der Waals surface area contributed by atoms with E-state index in [1.54, 1.807) is 12.1 Å². The first-order chi connectivity index (χ1) is 16.4. The predicted molar refractivity (Wildman–Crippen MR) is 132 cm³/mol. The molecule has 3 heterocycles. The van der Waals surface area contributed by atoms with Gasteiger partial charge in [0.05, 0.1) is 30.3 Å². The normalized spacial score (nSPS) is 17.6. The van der Waals surface area contributed by atoms with Gasteiger partial charge < -0.3 is 15.8 Å². The monoisotopic (exact) mass is 480 g/mol. The maximum absolute atomic E-state index is 14.0. The van der Waals surface area contributed by atoms with Crippen molar-refractivity contribution in [3.05, 3.63) is 48.1 Å². The lowest BCUT2D eigenvalue weighted by atomic mass is 9.97. The molecule has 10 heteroatoms. The second kappa shape index (κ2) is 10.2. The molecule has 176 valence electrons. The lowest BCUT2D eigenvalue weighted by Gasteiger charge is -2.17. The minimum Gasteiger partial charge on any atom is -0.494 e. The summed E-state index contributed by atoms with van der Waals surface area (Å²) in [4.78, 5) is 21.8. The smallest absolute Gasteiger partial charge is 0.255 e. The molecule has 2 aromatic rings. The molecule has 2 atom stereocenters. The second-order valence-corrected chi connectivity index (χ2v) is 9.00. The summed E-state index contributed by atoms with van der Waals surface area (Å²) in [5.41, 5.74) is 10.8. The number of ether oxygens (including phenoxy) is 1. The first kappa shape index (κ1) is 23.7. The number of pyridine rings is 2. The molecule has 2 aliphatic rings. The van der Waals surface area contributed by atoms with E-state index in [0.717, 1.165) is 12.8 Å². The predicted octanol–water partition coefficient (Wildman–Crippen LogP) is 3.23. The lowest BCUT2D eigenvalue weighted by Crippen LogP contribution is -2.38. The van der Waals surface area contributed by atoms with Gasteiger partial charge in [0.2, 0.25) is 0 Å². The molecule has 4 rings (SSSR count). The Bertz CT molecular complexity index is 1220. The van der Waals surface area contributed by atoms with Gasteiger partial charge in [-0.2, -0.15) is 5.10 Å². The van der Waals surface area contributed by atoms with Crippen molar-refractivity contribution in [1.82, 2.24) is 20.7 Å². The van der Waals surface area contributed by atoms with Crippen LogP contribution in [0.4, 0.5) is 4.39 Å². The molecule has 0 radical (unpaired) electrons. The van der Waals surface area contributed by atoms with Crippen LogP contribution in [0.1, 0.15) is 47.7 Å². The number of hydrogen-bond donors (Lipinski definition) is 3. The van der Waals surface area contributed by atoms with Crippen molar-refractivity contribution in [2.45, 2.75) is 31.4 Å². The summed E-state index contributed by atoms with van der Waals surface area (Å²) in [6.07, 6.45) is 3.85. The number of nitrogens with zero attached hydrogens (tertiary/aromatic N) is 3. The molecular formula is C24H25FN6O2S. The van der Waals surface area contributed by atoms with E-state index >= 15 is 0 Å². The van der Waals surface area contributed by atoms with Crippen LogP contribution < -0.4 is 21.2 Å². The van der Waals surface area contributed by atoms with Crippen LogP contribution in [0.3, 0.4) is 0 Å². The molecule has 2 unspecified atom stereocenters. The number of hydrogen-bond acceptors (Lipinski definition) is 8. The molecule has 34 heavy (non-hydrogen) atoms. The zero-order chi connectivity index (χ0) is 24.2. The van der Waals surface area contributed by atoms with Crippen molar-refractivity contribution >= 4 is 28.3 Å². The first-order valence-electron chi connectivity index (χ1n) is 10.8. The van der Waals surface area contributed by atoms with Crippen molar-refractivity contribution in [2.24, 2.45) is 16.8 Å². The maximum atomic E-state index is 14.0. The summed E-state index contributed by atoms with van der Waals surface area (Å²) in [7, 11) is 1.49. The number of thioether (sulfide) groups is 1. The van der Waals surface area contributed by atoms with Crippen molar-refractivity contribution in [3.8, 4) is 28.7 Å². The summed E-state index contributed by atoms with van der Waals surface area (Å²) in [6.45, 7) is 5.53. The van der Waals surface area contributed by atoms with E-state index in [4.69, 9.17) is 10.5 Å². The molecule has 4 N–H and O–H groups in total. The summed E-state index contributed by atoms with van der Waals surface area (Å²) in [6, 6.07) is 3.27. The van der Waals surface area contributed by atoms with E-state index in [1.807, 2.05) is 0 Å². The van der Waals surface area contributed by atoms with Gasteiger partial charge in [0.1, 0.15) is 11.9 Å². The summed E-state index contributed by atoms with van der Waals surface area (Å²) in [5, 5.41) is 7.70. The largest absolute Gasteiger partial charge is 0.494 e. The molecule has 1 aliphatic carbocycles. The fourth-order valence-electron chi connectivity index (χ4n) is 3.20. The molecule has 1 fully saturated rings. The molecular weight excluding hydrogens is 455 g/mol. The van der Waals surface area contributed by atoms with Crippen LogP contribution in [-0.4, -0.2) is 40.1 Å². The van der Waals surface area contributed by atoms with Crippen LogP contribution in [-0.2, 0) is 0 Å². The highest BCUT2D eigenvalue weighted by molar-refractivity contribution is 8.15. The van der Waals surface area contributed by atoms with E-state index in [0.29, 0.717) is 39.1 Å². The van der Waals surface area contributed by atoms with Gasteiger partial charge in [-0.05, 0) is 55.2 Å². The molecule has 2 aromatic heterocycles. The van der Waals surface area contributed by atoms with Gasteiger partial charge in [-0.1, -0.05) is 12.5 Å². The Kier molecular flexibility index (Phi) is 7.14. The third kappa shape index (κ3) is 5.38. The molecule has 0 saturated heterocycles. The molecule has 1 saturated carbocycles. The van der Waals surface area contributed by atoms with Crippen LogP contribution in [0.15, 0.2) is 36.2 Å². The van der Waals surface area contributed by atoms with Gasteiger partial charge in [0.15, 0.2) is 10.5 Å². The number of hydrazone groups is 1. The number of halogens is 1. The highest BCUT2D eigenvalue weighted by Gasteiger charge is 2.25. The first-order valence-corrected chi connectivity index (χ1v) is 11.7. The summed E-state index contributed by atoms with van der Waals surface area (Å²) < 4.78 is 19.5. The van der Waals surface area contributed by atoms with Gasteiger partial charge in [0, 0.05) is 29.8 Å². The summed E-state index contributed by atoms with van der Waals surface area (Å²) in [5.74, 6) is 6.65. The summed E-state index contributed by atoms with van der Waals surface area (Å²) >= 11 is 1.33. The van der Waals surface area contributed by atoms with Crippen molar-refractivity contribution in [2.75, 3.05) is 13.7 Å². The Labute approximate surface area is 201 Å². The third-order valence-electron chi connectivity index (χ3n) is 5.30. The Balaban J connectivity index is 1.65. The Hall–Kier alpha value is -3.42. The van der Waals surface area contributed by atoms with E-state index in [1.165, 1.54) is 38.2 Å². The molecule has 8 nitrogen and oxygen atoms in total. The standard InChI is InChI=1S/C24H25FN6O2S/c1-13(10-26)19-8-16(17-9-20(14(2)25)28-12-21(17)33-3)18(11-27-19)23(32)29-24-31-30-22(34-24)7-6-15-4-5-15/h8-9,11-12,14-15,24,31H,1,4-5,10,26H2,2-3H3,(H,29,32). The van der Waals surface area contributed by atoms with Crippen LogP contribution in [0, 0.1) is 17.8 Å². The zero-order valence-corrected chi connectivity index (χ0v) is 19.7. The van der Waals surface area contributed by atoms with Crippen molar-refractivity contribution in [1.29, 1.82) is 0 Å². The van der Waals surface area contributed by atoms with Crippen molar-refractivity contribution in [3.63, 3.8) is 0 Å². The van der Waals surface area contributed by atoms with E-state index in [9.17, 15) is 9.18 Å². The Morgan fingerprint density at radius 2 is 2.18 bits per heavy atom. The average molecular weight is 481 g/mol. The van der Waals surface area contributed by atoms with Crippen molar-refractivity contribution < 1.29 is 13.9 Å². The number of nitrogens with one attached hydrogen (secondary N) is 2. The van der Waals surface area contributed by atoms with Gasteiger partial charge in [-0.25, -0.2) is 4.39 Å². The minimum atomic E-state index is -1.30. The fraction of sp³-hybridized carbons (Fsp3) is 0.333. The Morgan fingerprint density at radius 3 is 2.85 bits per heavy atom. The SMILES string of the molecule is C=C(CN)c1cc(-c2cc(C(C)F)ncc2OC)c(C(=O)NC2NN=C(C#CC3CC3)S2)cn1. The van der Waals surface area contributed by atoms with Gasteiger partial charge in [-0.3, -0.25) is 20.2 Å². The number of nitrogens with two attached hydrogens (primary N) is 1. The topological polar surface area (TPSA) is 115 Å². The fourth-order valence-corrected chi connectivity index (χ4v) is 3.91. The highest BCUT2D eigenvalue weighted by atomic mass is 32.2. The number of alkyl halides is 1. The molecule has 0 bridgehead atoms. The quantitative estimate of drug-likeness (QED) is 0.521. The van der Waals surface area contributed by atoms with Crippen LogP contribution in [0.5, 0.6) is 5.75 Å². The van der Waals surface area contributed by atoms with Crippen LogP contribution >= 0.6 is 11.8 Å². The number of methoxy groups -OCH3 is 1. The number of rotatable bonds is 7. The van der Waals surface area contributed by atoms with E-state index in [-0.39, 0.29) is 17.8 Å². The van der Waals surface area contributed by atoms with Gasteiger partial charge in [-0.15, -0.1) is 0 Å².